The van der Waals surface area contributed by atoms with Crippen molar-refractivity contribution in [3.8, 4) is 0 Å². The Balaban J connectivity index is 1.87. The molecule has 0 aliphatic rings. The Morgan fingerprint density at radius 1 is 1.36 bits per heavy atom. The number of hydrogen-bond donors (Lipinski definition) is 1. The molecule has 0 saturated carbocycles. The van der Waals surface area contributed by atoms with Crippen LogP contribution in [0.5, 0.6) is 0 Å². The van der Waals surface area contributed by atoms with Crippen LogP contribution in [0.2, 0.25) is 0 Å². The third kappa shape index (κ3) is 4.69. The number of ether oxygens (including phenoxy) is 1. The van der Waals surface area contributed by atoms with E-state index in [2.05, 4.69) is 28.3 Å². The molecule has 0 fully saturated rings. The van der Waals surface area contributed by atoms with Crippen LogP contribution in [0.4, 0.5) is 4.79 Å². The van der Waals surface area contributed by atoms with E-state index in [0.29, 0.717) is 6.54 Å². The molecule has 2 aromatic rings. The zero-order chi connectivity index (χ0) is 16.2. The Morgan fingerprint density at radius 2 is 2.14 bits per heavy atom. The smallest absolute Gasteiger partial charge is 0.407 e. The molecule has 0 bridgehead atoms. The van der Waals surface area contributed by atoms with Crippen molar-refractivity contribution in [1.82, 2.24) is 15.3 Å². The molecule has 2 heterocycles. The first-order chi connectivity index (χ1) is 10.3. The molecule has 0 aliphatic carbocycles. The van der Waals surface area contributed by atoms with Crippen molar-refractivity contribution in [1.29, 1.82) is 0 Å². The van der Waals surface area contributed by atoms with E-state index in [9.17, 15) is 4.79 Å². The summed E-state index contributed by atoms with van der Waals surface area (Å²) in [5, 5.41) is 3.81. The van der Waals surface area contributed by atoms with Gasteiger partial charge in [0.25, 0.3) is 0 Å². The number of amides is 1. The van der Waals surface area contributed by atoms with Gasteiger partial charge in [-0.25, -0.2) is 14.8 Å². The Bertz CT molecular complexity index is 662. The van der Waals surface area contributed by atoms with Gasteiger partial charge in [-0.3, -0.25) is 0 Å². The maximum atomic E-state index is 11.6. The van der Waals surface area contributed by atoms with Gasteiger partial charge >= 0.3 is 6.09 Å². The highest BCUT2D eigenvalue weighted by Crippen LogP contribution is 2.15. The molecule has 1 amide bonds. The number of pyridine rings is 2. The molecule has 1 N–H and O–H groups in total. The summed E-state index contributed by atoms with van der Waals surface area (Å²) in [5.74, 6) is 0. The quantitative estimate of drug-likeness (QED) is 0.879. The number of aryl methyl sites for hydroxylation is 2. The lowest BCUT2D eigenvalue weighted by Crippen LogP contribution is -2.33. The Hall–Kier alpha value is -2.17. The van der Waals surface area contributed by atoms with E-state index < -0.39 is 5.60 Å². The maximum Gasteiger partial charge on any atom is 0.407 e. The Labute approximate surface area is 131 Å². The van der Waals surface area contributed by atoms with E-state index in [-0.39, 0.29) is 6.09 Å². The summed E-state index contributed by atoms with van der Waals surface area (Å²) >= 11 is 0. The van der Waals surface area contributed by atoms with Crippen molar-refractivity contribution in [2.75, 3.05) is 6.54 Å². The predicted octanol–water partition coefficient (Wildman–Crippen LogP) is 3.40. The monoisotopic (exact) mass is 301 g/mol. The number of nitrogens with zero attached hydrogens (tertiary/aromatic N) is 2. The van der Waals surface area contributed by atoms with E-state index in [1.165, 1.54) is 0 Å². The average molecular weight is 301 g/mol. The van der Waals surface area contributed by atoms with E-state index >= 15 is 0 Å². The maximum absolute atomic E-state index is 11.6. The summed E-state index contributed by atoms with van der Waals surface area (Å²) < 4.78 is 5.20. The SMILES string of the molecule is Cc1cc2cccnc2nc1CCCNC(=O)OC(C)(C)C. The number of carbonyl (C=O) groups is 1. The van der Waals surface area contributed by atoms with Gasteiger partial charge in [0, 0.05) is 23.8 Å². The molecule has 0 aromatic carbocycles. The van der Waals surface area contributed by atoms with Crippen LogP contribution >= 0.6 is 0 Å². The first kappa shape index (κ1) is 16.2. The first-order valence-corrected chi connectivity index (χ1v) is 7.53. The van der Waals surface area contributed by atoms with Crippen molar-refractivity contribution in [3.63, 3.8) is 0 Å². The summed E-state index contributed by atoms with van der Waals surface area (Å²) in [4.78, 5) is 20.4. The largest absolute Gasteiger partial charge is 0.444 e. The molecule has 22 heavy (non-hydrogen) atoms. The second kappa shape index (κ2) is 6.73. The van der Waals surface area contributed by atoms with Crippen LogP contribution in [-0.4, -0.2) is 28.2 Å². The third-order valence-corrected chi connectivity index (χ3v) is 3.14. The molecule has 0 aliphatic heterocycles. The molecular formula is C17H23N3O2. The summed E-state index contributed by atoms with van der Waals surface area (Å²) in [7, 11) is 0. The Morgan fingerprint density at radius 3 is 2.86 bits per heavy atom. The van der Waals surface area contributed by atoms with Crippen molar-refractivity contribution in [2.24, 2.45) is 0 Å². The average Bonchev–Trinajstić information content (AvgIpc) is 2.42. The number of aromatic nitrogens is 2. The number of alkyl carbamates (subject to hydrolysis) is 1. The van der Waals surface area contributed by atoms with Crippen LogP contribution in [0.25, 0.3) is 11.0 Å². The fraction of sp³-hybridized carbons (Fsp3) is 0.471. The first-order valence-electron chi connectivity index (χ1n) is 7.53. The second-order valence-corrected chi connectivity index (χ2v) is 6.33. The third-order valence-electron chi connectivity index (χ3n) is 3.14. The lowest BCUT2D eigenvalue weighted by molar-refractivity contribution is 0.0527. The normalized spacial score (nSPS) is 11.5. The molecule has 5 heteroatoms. The molecule has 118 valence electrons. The molecule has 5 nitrogen and oxygen atoms in total. The molecule has 0 saturated heterocycles. The molecule has 2 rings (SSSR count). The molecular weight excluding hydrogens is 278 g/mol. The molecule has 0 radical (unpaired) electrons. The highest BCUT2D eigenvalue weighted by atomic mass is 16.6. The van der Waals surface area contributed by atoms with Crippen LogP contribution in [0.15, 0.2) is 24.4 Å². The fourth-order valence-electron chi connectivity index (χ4n) is 2.16. The standard InChI is InChI=1S/C17H23N3O2/c1-12-11-13-7-5-9-18-15(13)20-14(12)8-6-10-19-16(21)22-17(2,3)4/h5,7,9,11H,6,8,10H2,1-4H3,(H,19,21). The molecule has 2 aromatic heterocycles. The summed E-state index contributed by atoms with van der Waals surface area (Å²) in [6.07, 6.45) is 2.98. The fourth-order valence-corrected chi connectivity index (χ4v) is 2.16. The predicted molar refractivity (Wildman–Crippen MR) is 86.8 cm³/mol. The zero-order valence-electron chi connectivity index (χ0n) is 13.6. The van der Waals surface area contributed by atoms with Crippen molar-refractivity contribution >= 4 is 17.1 Å². The van der Waals surface area contributed by atoms with Crippen molar-refractivity contribution < 1.29 is 9.53 Å². The minimum absolute atomic E-state index is 0.377. The van der Waals surface area contributed by atoms with Gasteiger partial charge in [0.15, 0.2) is 5.65 Å². The van der Waals surface area contributed by atoms with Crippen LogP contribution in [0, 0.1) is 6.92 Å². The van der Waals surface area contributed by atoms with Gasteiger partial charge in [0.05, 0.1) is 0 Å². The minimum Gasteiger partial charge on any atom is -0.444 e. The zero-order valence-corrected chi connectivity index (χ0v) is 13.6. The number of fused-ring (bicyclic) bond motifs is 1. The molecule has 0 unspecified atom stereocenters. The molecule has 0 atom stereocenters. The van der Waals surface area contributed by atoms with E-state index in [1.54, 1.807) is 6.20 Å². The number of nitrogens with one attached hydrogen (secondary N) is 1. The number of rotatable bonds is 4. The topological polar surface area (TPSA) is 64.1 Å². The van der Waals surface area contributed by atoms with Crippen molar-refractivity contribution in [3.05, 3.63) is 35.7 Å². The van der Waals surface area contributed by atoms with Crippen LogP contribution in [0.1, 0.15) is 38.4 Å². The van der Waals surface area contributed by atoms with Crippen LogP contribution in [0.3, 0.4) is 0 Å². The Kier molecular flexibility index (Phi) is 4.96. The summed E-state index contributed by atoms with van der Waals surface area (Å²) in [6.45, 7) is 8.16. The van der Waals surface area contributed by atoms with E-state index in [0.717, 1.165) is 35.1 Å². The number of carbonyl (C=O) groups excluding carboxylic acids is 1. The van der Waals surface area contributed by atoms with Gasteiger partial charge < -0.3 is 10.1 Å². The second-order valence-electron chi connectivity index (χ2n) is 6.33. The highest BCUT2D eigenvalue weighted by molar-refractivity contribution is 5.75. The van der Waals surface area contributed by atoms with Crippen LogP contribution < -0.4 is 5.32 Å². The summed E-state index contributed by atoms with van der Waals surface area (Å²) in [5.41, 5.74) is 2.48. The molecule has 0 spiro atoms. The van der Waals surface area contributed by atoms with Crippen molar-refractivity contribution in [2.45, 2.75) is 46.1 Å². The highest BCUT2D eigenvalue weighted by Gasteiger charge is 2.15. The van der Waals surface area contributed by atoms with Gasteiger partial charge in [-0.2, -0.15) is 0 Å². The van der Waals surface area contributed by atoms with Gasteiger partial charge in [-0.05, 0) is 64.3 Å². The van der Waals surface area contributed by atoms with E-state index in [1.807, 2.05) is 32.9 Å². The minimum atomic E-state index is -0.466. The lowest BCUT2D eigenvalue weighted by Gasteiger charge is -2.19. The van der Waals surface area contributed by atoms with Gasteiger partial charge in [0.1, 0.15) is 5.60 Å². The van der Waals surface area contributed by atoms with Gasteiger partial charge in [-0.1, -0.05) is 0 Å². The van der Waals surface area contributed by atoms with E-state index in [4.69, 9.17) is 4.74 Å². The lowest BCUT2D eigenvalue weighted by atomic mass is 10.1. The number of hydrogen-bond acceptors (Lipinski definition) is 4. The van der Waals surface area contributed by atoms with Gasteiger partial charge in [-0.15, -0.1) is 0 Å². The summed E-state index contributed by atoms with van der Waals surface area (Å²) in [6, 6.07) is 6.02. The van der Waals surface area contributed by atoms with Gasteiger partial charge in [0.2, 0.25) is 0 Å². The van der Waals surface area contributed by atoms with Crippen LogP contribution in [-0.2, 0) is 11.2 Å².